The molecule has 1 saturated heterocycles. The summed E-state index contributed by atoms with van der Waals surface area (Å²) in [5.74, 6) is -0.842. The van der Waals surface area contributed by atoms with Gasteiger partial charge in [0.2, 0.25) is 0 Å². The molecule has 0 saturated carbocycles. The van der Waals surface area contributed by atoms with Gasteiger partial charge in [0.1, 0.15) is 24.6 Å². The molecule has 1 fully saturated rings. The fourth-order valence-electron chi connectivity index (χ4n) is 2.76. The minimum absolute atomic E-state index is 0.263. The van der Waals surface area contributed by atoms with E-state index in [0.717, 1.165) is 17.2 Å². The lowest BCUT2D eigenvalue weighted by atomic mass is 10.1. The number of hydrogen-bond donors (Lipinski definition) is 8. The molecule has 35 heavy (non-hydrogen) atoms. The van der Waals surface area contributed by atoms with Crippen LogP contribution >= 0.6 is 31.3 Å². The van der Waals surface area contributed by atoms with Crippen LogP contribution in [0.2, 0.25) is 0 Å². The number of phosphoric ester groups is 2. The van der Waals surface area contributed by atoms with Gasteiger partial charge in [-0.05, 0) is 0 Å². The van der Waals surface area contributed by atoms with Gasteiger partial charge < -0.3 is 43.9 Å². The molecule has 0 amide bonds. The second-order valence-corrected chi connectivity index (χ2v) is 12.1. The van der Waals surface area contributed by atoms with Gasteiger partial charge in [0, 0.05) is 0 Å². The van der Waals surface area contributed by atoms with Gasteiger partial charge >= 0.3 is 31.3 Å². The summed E-state index contributed by atoms with van der Waals surface area (Å²) in [4.78, 5) is 64.7. The first-order chi connectivity index (χ1) is 15.9. The van der Waals surface area contributed by atoms with E-state index in [0.29, 0.717) is 0 Å². The highest BCUT2D eigenvalue weighted by atomic mass is 31.3. The number of hydrogen-bond acceptors (Lipinski definition) is 14. The summed E-state index contributed by atoms with van der Waals surface area (Å²) >= 11 is 0. The standard InChI is InChI=1S/C10H16N4O17P4/c15-6-4(1-27-32(17,18)19)28-10(7(6)16)14-3-13-5-8(14)11-2-12-9(5)29-34(23,24)31-35(25,26)30-33(20,21)22/h2-4,6-7,10,15-16H,1H2,(H,23,24)(H,25,26)(H2,17,18,19)(H2,20,21,22)/t4-,6?,7?,10-/m1/s1. The molecule has 1 aliphatic heterocycles. The molecule has 0 aliphatic carbocycles. The van der Waals surface area contributed by atoms with Crippen molar-refractivity contribution in [1.29, 1.82) is 0 Å². The molecule has 0 aromatic carbocycles. The van der Waals surface area contributed by atoms with Gasteiger partial charge in [0.25, 0.3) is 5.88 Å². The van der Waals surface area contributed by atoms with Gasteiger partial charge in [-0.2, -0.15) is 13.6 Å². The summed E-state index contributed by atoms with van der Waals surface area (Å²) in [6.45, 7) is -0.808. The van der Waals surface area contributed by atoms with Crippen molar-refractivity contribution in [3.05, 3.63) is 12.7 Å². The summed E-state index contributed by atoms with van der Waals surface area (Å²) in [7, 11) is -22.0. The first kappa shape index (κ1) is 28.4. The molecular weight excluding hydrogens is 572 g/mol. The van der Waals surface area contributed by atoms with Crippen molar-refractivity contribution in [2.45, 2.75) is 24.5 Å². The molecule has 25 heteroatoms. The van der Waals surface area contributed by atoms with Crippen LogP contribution in [-0.2, 0) is 36.1 Å². The quantitative estimate of drug-likeness (QED) is 0.143. The van der Waals surface area contributed by atoms with E-state index in [1.54, 1.807) is 0 Å². The third kappa shape index (κ3) is 7.41. The Kier molecular flexibility index (Phi) is 8.04. The Labute approximate surface area is 192 Å². The summed E-state index contributed by atoms with van der Waals surface area (Å²) < 4.78 is 67.4. The molecular formula is C10H16N4O17P4. The molecule has 21 nitrogen and oxygen atoms in total. The van der Waals surface area contributed by atoms with Crippen molar-refractivity contribution in [3.8, 4) is 5.88 Å². The van der Waals surface area contributed by atoms with E-state index < -0.39 is 73.8 Å². The number of ether oxygens (including phenoxy) is 1. The number of aliphatic hydroxyl groups is 2. The Bertz CT molecular complexity index is 1270. The van der Waals surface area contributed by atoms with E-state index in [2.05, 4.69) is 32.6 Å². The van der Waals surface area contributed by atoms with Crippen molar-refractivity contribution in [1.82, 2.24) is 19.5 Å². The molecule has 3 heterocycles. The number of imidazole rings is 1. The van der Waals surface area contributed by atoms with Gasteiger partial charge in [-0.25, -0.2) is 28.2 Å². The zero-order valence-electron chi connectivity index (χ0n) is 16.5. The Morgan fingerprint density at radius 2 is 1.54 bits per heavy atom. The van der Waals surface area contributed by atoms with Gasteiger partial charge in [-0.15, -0.1) is 0 Å². The third-order valence-electron chi connectivity index (χ3n) is 3.96. The van der Waals surface area contributed by atoms with Crippen molar-refractivity contribution >= 4 is 42.5 Å². The molecule has 2 aromatic rings. The van der Waals surface area contributed by atoms with Crippen LogP contribution in [0.25, 0.3) is 11.2 Å². The predicted octanol–water partition coefficient (Wildman–Crippen LogP) is -1.74. The highest BCUT2D eigenvalue weighted by molar-refractivity contribution is 7.66. The molecule has 198 valence electrons. The average molecular weight is 588 g/mol. The topological polar surface area (TPSA) is 320 Å². The van der Waals surface area contributed by atoms with Crippen molar-refractivity contribution in [2.75, 3.05) is 6.61 Å². The second-order valence-electron chi connectivity index (χ2n) is 6.52. The molecule has 3 rings (SSSR count). The van der Waals surface area contributed by atoms with Crippen LogP contribution in [0.4, 0.5) is 0 Å². The number of aliphatic hydroxyl groups excluding tert-OH is 2. The van der Waals surface area contributed by atoms with Crippen LogP contribution in [-0.4, -0.2) is 84.0 Å². The van der Waals surface area contributed by atoms with E-state index in [1.807, 2.05) is 0 Å². The first-order valence-electron chi connectivity index (χ1n) is 8.60. The molecule has 6 atom stereocenters. The normalized spacial score (nSPS) is 27.0. The zero-order chi connectivity index (χ0) is 26.4. The van der Waals surface area contributed by atoms with Crippen LogP contribution in [0, 0.1) is 0 Å². The van der Waals surface area contributed by atoms with Gasteiger partial charge in [-0.1, -0.05) is 0 Å². The summed E-state index contributed by atoms with van der Waals surface area (Å²) in [5.41, 5.74) is -0.685. The Morgan fingerprint density at radius 3 is 2.14 bits per heavy atom. The third-order valence-corrected chi connectivity index (χ3v) is 8.18. The Balaban J connectivity index is 1.83. The van der Waals surface area contributed by atoms with Crippen LogP contribution in [0.3, 0.4) is 0 Å². The summed E-state index contributed by atoms with van der Waals surface area (Å²) in [6, 6.07) is 0. The molecule has 4 unspecified atom stereocenters. The van der Waals surface area contributed by atoms with E-state index in [1.165, 1.54) is 0 Å². The van der Waals surface area contributed by atoms with Crippen LogP contribution in [0.1, 0.15) is 6.23 Å². The van der Waals surface area contributed by atoms with Crippen molar-refractivity contribution < 1.29 is 80.2 Å². The Morgan fingerprint density at radius 1 is 0.886 bits per heavy atom. The van der Waals surface area contributed by atoms with Crippen LogP contribution < -0.4 is 4.52 Å². The minimum Gasteiger partial charge on any atom is -0.387 e. The lowest BCUT2D eigenvalue weighted by Crippen LogP contribution is -2.33. The number of phosphoric acid groups is 4. The van der Waals surface area contributed by atoms with E-state index in [-0.39, 0.29) is 5.65 Å². The van der Waals surface area contributed by atoms with Gasteiger partial charge in [-0.3, -0.25) is 14.0 Å². The molecule has 1 aliphatic rings. The lowest BCUT2D eigenvalue weighted by molar-refractivity contribution is -0.0504. The number of aromatic nitrogens is 4. The van der Waals surface area contributed by atoms with E-state index in [9.17, 15) is 38.3 Å². The molecule has 8 N–H and O–H groups in total. The summed E-state index contributed by atoms with van der Waals surface area (Å²) in [6.07, 6.45) is -4.57. The molecule has 0 radical (unpaired) electrons. The largest absolute Gasteiger partial charge is 0.537 e. The maximum absolute atomic E-state index is 12.1. The first-order valence-corrected chi connectivity index (χ1v) is 14.7. The van der Waals surface area contributed by atoms with E-state index in [4.69, 9.17) is 24.3 Å². The van der Waals surface area contributed by atoms with E-state index >= 15 is 0 Å². The lowest BCUT2D eigenvalue weighted by Gasteiger charge is -2.17. The fraction of sp³-hybridized carbons (Fsp3) is 0.500. The monoisotopic (exact) mass is 588 g/mol. The van der Waals surface area contributed by atoms with Crippen molar-refractivity contribution in [3.63, 3.8) is 0 Å². The van der Waals surface area contributed by atoms with Gasteiger partial charge in [0.05, 0.1) is 12.9 Å². The molecule has 2 aromatic heterocycles. The highest BCUT2D eigenvalue weighted by Gasteiger charge is 2.46. The maximum atomic E-state index is 12.1. The number of nitrogens with zero attached hydrogens (tertiary/aromatic N) is 4. The molecule has 0 bridgehead atoms. The molecule has 0 spiro atoms. The highest BCUT2D eigenvalue weighted by Crippen LogP contribution is 2.66. The summed E-state index contributed by atoms with van der Waals surface area (Å²) in [5, 5.41) is 20.4. The predicted molar refractivity (Wildman–Crippen MR) is 104 cm³/mol. The SMILES string of the molecule is O=P(O)(O)OC[C@H]1O[C@@H](n2cnc3c(OP(=O)(O)OP(=O)(O)OP(=O)(O)O)ncnc32)C(O)C1O. The zero-order valence-corrected chi connectivity index (χ0v) is 20.1. The smallest absolute Gasteiger partial charge is 0.387 e. The average Bonchev–Trinajstić information content (AvgIpc) is 3.19. The van der Waals surface area contributed by atoms with Crippen LogP contribution in [0.5, 0.6) is 5.88 Å². The van der Waals surface area contributed by atoms with Crippen LogP contribution in [0.15, 0.2) is 12.7 Å². The van der Waals surface area contributed by atoms with Gasteiger partial charge in [0.15, 0.2) is 17.4 Å². The number of rotatable bonds is 10. The fourth-order valence-corrected chi connectivity index (χ4v) is 6.09. The maximum Gasteiger partial charge on any atom is 0.537 e. The second kappa shape index (κ2) is 9.92. The number of fused-ring (bicyclic) bond motifs is 1. The Hall–Kier alpha value is -1.21. The van der Waals surface area contributed by atoms with Crippen molar-refractivity contribution in [2.24, 2.45) is 0 Å². The minimum atomic E-state index is -5.80.